The van der Waals surface area contributed by atoms with E-state index in [1.165, 1.54) is 6.07 Å². The summed E-state index contributed by atoms with van der Waals surface area (Å²) >= 11 is 0. The summed E-state index contributed by atoms with van der Waals surface area (Å²) < 4.78 is 26.9. The fourth-order valence-electron chi connectivity index (χ4n) is 5.32. The largest absolute Gasteiger partial charge is 0.365 e. The van der Waals surface area contributed by atoms with Crippen molar-refractivity contribution in [1.29, 1.82) is 0 Å². The number of nitrogens with zero attached hydrogens (tertiary/aromatic N) is 3. The minimum atomic E-state index is -1.12. The Bertz CT molecular complexity index is 896. The van der Waals surface area contributed by atoms with Crippen LogP contribution in [-0.2, 0) is 9.59 Å². The molecule has 3 N–H and O–H groups in total. The van der Waals surface area contributed by atoms with Crippen LogP contribution < -0.4 is 15.5 Å². The van der Waals surface area contributed by atoms with Crippen LogP contribution in [0.4, 0.5) is 14.5 Å². The van der Waals surface area contributed by atoms with E-state index < -0.39 is 29.4 Å². The minimum absolute atomic E-state index is 0.0176. The summed E-state index contributed by atoms with van der Waals surface area (Å²) in [5, 5.41) is 15.5. The molecule has 3 saturated heterocycles. The summed E-state index contributed by atoms with van der Waals surface area (Å²) in [4.78, 5) is 31.8. The summed E-state index contributed by atoms with van der Waals surface area (Å²) in [6, 6.07) is 3.77. The molecule has 4 atom stereocenters. The number of amides is 2. The second kappa shape index (κ2) is 8.57. The Morgan fingerprint density at radius 2 is 1.97 bits per heavy atom. The smallest absolute Gasteiger partial charge is 0.243 e. The molecule has 0 aromatic heterocycles. The summed E-state index contributed by atoms with van der Waals surface area (Å²) in [6.07, 6.45) is -0.819. The molecular formula is C22H31F2N5O3. The molecule has 0 aliphatic carbocycles. The summed E-state index contributed by atoms with van der Waals surface area (Å²) in [6.45, 7) is 6.60. The van der Waals surface area contributed by atoms with Crippen LogP contribution in [0, 0.1) is 23.5 Å². The first kappa shape index (κ1) is 22.9. The van der Waals surface area contributed by atoms with Gasteiger partial charge in [-0.1, -0.05) is 6.92 Å². The van der Waals surface area contributed by atoms with Crippen LogP contribution in [0.3, 0.4) is 0 Å². The molecule has 1 aromatic rings. The van der Waals surface area contributed by atoms with E-state index in [1.807, 2.05) is 25.8 Å². The molecule has 3 heterocycles. The highest BCUT2D eigenvalue weighted by Gasteiger charge is 2.55. The van der Waals surface area contributed by atoms with Crippen molar-refractivity contribution in [1.82, 2.24) is 20.4 Å². The van der Waals surface area contributed by atoms with Crippen molar-refractivity contribution in [2.75, 3.05) is 44.7 Å². The number of anilines is 1. The molecule has 3 fully saturated rings. The van der Waals surface area contributed by atoms with Crippen molar-refractivity contribution >= 4 is 17.5 Å². The number of aliphatic hydroxyl groups excluding tert-OH is 1. The first-order valence-electron chi connectivity index (χ1n) is 11.1. The van der Waals surface area contributed by atoms with Crippen molar-refractivity contribution in [2.24, 2.45) is 11.8 Å². The Kier molecular flexibility index (Phi) is 6.12. The number of benzene rings is 1. The third-order valence-corrected chi connectivity index (χ3v) is 7.05. The van der Waals surface area contributed by atoms with Crippen LogP contribution >= 0.6 is 0 Å². The molecule has 1 aromatic carbocycles. The molecule has 10 heteroatoms. The molecule has 2 amide bonds. The summed E-state index contributed by atoms with van der Waals surface area (Å²) in [5.41, 5.74) is -0.384. The number of hydrogen-bond donors (Lipinski definition) is 3. The van der Waals surface area contributed by atoms with Gasteiger partial charge in [0.1, 0.15) is 5.54 Å². The second-order valence-corrected chi connectivity index (χ2v) is 9.44. The Morgan fingerprint density at radius 1 is 1.25 bits per heavy atom. The highest BCUT2D eigenvalue weighted by Crippen LogP contribution is 2.35. The number of carbonyl (C=O) groups excluding carboxylic acids is 2. The maximum atomic E-state index is 13.7. The van der Waals surface area contributed by atoms with Gasteiger partial charge in [0, 0.05) is 62.4 Å². The van der Waals surface area contributed by atoms with Crippen molar-refractivity contribution in [3.63, 3.8) is 0 Å². The van der Waals surface area contributed by atoms with E-state index >= 15 is 0 Å². The van der Waals surface area contributed by atoms with Gasteiger partial charge < -0.3 is 25.1 Å². The fraction of sp³-hybridized carbons (Fsp3) is 0.636. The Labute approximate surface area is 186 Å². The van der Waals surface area contributed by atoms with Gasteiger partial charge in [0.25, 0.3) is 0 Å². The number of carbonyl (C=O) groups is 2. The lowest BCUT2D eigenvalue weighted by atomic mass is 9.73. The lowest BCUT2D eigenvalue weighted by Crippen LogP contribution is -2.65. The average Bonchev–Trinajstić information content (AvgIpc) is 3.00. The van der Waals surface area contributed by atoms with Crippen LogP contribution in [0.1, 0.15) is 20.3 Å². The molecule has 3 aliphatic heterocycles. The predicted molar refractivity (Wildman–Crippen MR) is 115 cm³/mol. The van der Waals surface area contributed by atoms with E-state index in [0.29, 0.717) is 31.7 Å². The molecule has 0 bridgehead atoms. The zero-order chi connectivity index (χ0) is 23.2. The number of aliphatic hydroxyl groups is 1. The van der Waals surface area contributed by atoms with Gasteiger partial charge in [0.15, 0.2) is 18.0 Å². The Morgan fingerprint density at radius 3 is 2.53 bits per heavy atom. The van der Waals surface area contributed by atoms with Crippen molar-refractivity contribution in [3.8, 4) is 0 Å². The van der Waals surface area contributed by atoms with Crippen LogP contribution in [0.25, 0.3) is 0 Å². The number of hydrogen-bond acceptors (Lipinski definition) is 6. The topological polar surface area (TPSA) is 88.1 Å². The number of halogens is 2. The minimum Gasteiger partial charge on any atom is -0.365 e. The van der Waals surface area contributed by atoms with Gasteiger partial charge in [-0.3, -0.25) is 14.9 Å². The molecule has 4 rings (SSSR count). The third-order valence-electron chi connectivity index (χ3n) is 7.05. The highest BCUT2D eigenvalue weighted by molar-refractivity contribution is 5.90. The maximum Gasteiger partial charge on any atom is 0.243 e. The third kappa shape index (κ3) is 4.06. The van der Waals surface area contributed by atoms with Crippen LogP contribution in [-0.4, -0.2) is 84.4 Å². The molecule has 3 aliphatic rings. The molecular weight excluding hydrogens is 420 g/mol. The van der Waals surface area contributed by atoms with Gasteiger partial charge in [0.05, 0.1) is 0 Å². The van der Waals surface area contributed by atoms with Gasteiger partial charge in [-0.05, 0) is 32.5 Å². The zero-order valence-electron chi connectivity index (χ0n) is 18.6. The SMILES string of the molecule is C[C@@H](C[C@@]1(C2CN(C)C2)NC(O)NC1=O)C(=O)N1CCN(c2ccc(F)c(F)c2)[C@@H](C)C1. The standard InChI is InChI=1S/C22H31F2N5O3/c1-13(9-22(15-11-27(3)12-15)20(31)25-21(32)26-22)19(30)28-6-7-29(14(2)10-28)16-4-5-17(23)18(24)8-16/h4-5,8,13-15,21,26,32H,6-7,9-12H2,1-3H3,(H,25,31)/t13-,14-,21?,22-/m0/s1. The Hall–Kier alpha value is -2.30. The first-order valence-corrected chi connectivity index (χ1v) is 11.1. The van der Waals surface area contributed by atoms with Crippen LogP contribution in [0.15, 0.2) is 18.2 Å². The number of rotatable bonds is 5. The summed E-state index contributed by atoms with van der Waals surface area (Å²) in [5.74, 6) is -2.50. The lowest BCUT2D eigenvalue weighted by molar-refractivity contribution is -0.138. The van der Waals surface area contributed by atoms with Crippen molar-refractivity contribution < 1.29 is 23.5 Å². The molecule has 8 nitrogen and oxygen atoms in total. The van der Waals surface area contributed by atoms with Crippen molar-refractivity contribution in [3.05, 3.63) is 29.8 Å². The number of nitrogens with one attached hydrogen (secondary N) is 2. The van der Waals surface area contributed by atoms with E-state index in [0.717, 1.165) is 19.2 Å². The fourth-order valence-corrected chi connectivity index (χ4v) is 5.32. The van der Waals surface area contributed by atoms with E-state index in [-0.39, 0.29) is 23.8 Å². The number of likely N-dealkylation sites (tertiary alicyclic amines) is 1. The zero-order valence-corrected chi connectivity index (χ0v) is 18.6. The molecule has 0 saturated carbocycles. The lowest BCUT2D eigenvalue weighted by Gasteiger charge is -2.47. The van der Waals surface area contributed by atoms with Gasteiger partial charge in [-0.25, -0.2) is 8.78 Å². The number of piperazine rings is 1. The first-order chi connectivity index (χ1) is 15.1. The van der Waals surface area contributed by atoms with E-state index in [9.17, 15) is 23.5 Å². The molecule has 32 heavy (non-hydrogen) atoms. The van der Waals surface area contributed by atoms with Gasteiger partial charge in [-0.15, -0.1) is 0 Å². The monoisotopic (exact) mass is 451 g/mol. The molecule has 1 unspecified atom stereocenters. The summed E-state index contributed by atoms with van der Waals surface area (Å²) in [7, 11) is 1.97. The van der Waals surface area contributed by atoms with E-state index in [4.69, 9.17) is 0 Å². The van der Waals surface area contributed by atoms with Crippen LogP contribution in [0.5, 0.6) is 0 Å². The quantitative estimate of drug-likeness (QED) is 0.598. The van der Waals surface area contributed by atoms with Crippen LogP contribution in [0.2, 0.25) is 0 Å². The second-order valence-electron chi connectivity index (χ2n) is 9.44. The molecule has 0 radical (unpaired) electrons. The van der Waals surface area contributed by atoms with E-state index in [2.05, 4.69) is 15.5 Å². The van der Waals surface area contributed by atoms with Crippen molar-refractivity contribution in [2.45, 2.75) is 38.2 Å². The van der Waals surface area contributed by atoms with Gasteiger partial charge in [-0.2, -0.15) is 0 Å². The van der Waals surface area contributed by atoms with Gasteiger partial charge >= 0.3 is 0 Å². The predicted octanol–water partition coefficient (Wildman–Crippen LogP) is 0.324. The maximum absolute atomic E-state index is 13.7. The average molecular weight is 452 g/mol. The normalized spacial score (nSPS) is 30.2. The molecule has 0 spiro atoms. The highest BCUT2D eigenvalue weighted by atomic mass is 19.2. The Balaban J connectivity index is 1.42. The molecule has 176 valence electrons. The van der Waals surface area contributed by atoms with Gasteiger partial charge in [0.2, 0.25) is 11.8 Å². The van der Waals surface area contributed by atoms with E-state index in [1.54, 1.807) is 11.0 Å².